The van der Waals surface area contributed by atoms with Crippen LogP contribution in [0.2, 0.25) is 0 Å². The summed E-state index contributed by atoms with van der Waals surface area (Å²) in [6, 6.07) is 19.6. The molecule has 0 bridgehead atoms. The van der Waals surface area contributed by atoms with E-state index in [2.05, 4.69) is 93.0 Å². The molecule has 1 aromatic heterocycles. The number of dihydropyridines is 1. The van der Waals surface area contributed by atoms with Gasteiger partial charge in [-0.15, -0.1) is 0 Å². The summed E-state index contributed by atoms with van der Waals surface area (Å²) < 4.78 is 0. The molecule has 0 atom stereocenters. The first-order valence-electron chi connectivity index (χ1n) is 10.1. The lowest BCUT2D eigenvalue weighted by Gasteiger charge is -2.37. The number of aromatic amines is 1. The van der Waals surface area contributed by atoms with Gasteiger partial charge in [0, 0.05) is 61.6 Å². The highest BCUT2D eigenvalue weighted by molar-refractivity contribution is 5.85. The molecule has 4 nitrogen and oxygen atoms in total. The molecule has 142 valence electrons. The molecule has 28 heavy (non-hydrogen) atoms. The Morgan fingerprint density at radius 2 is 1.71 bits per heavy atom. The number of benzene rings is 2. The van der Waals surface area contributed by atoms with Crippen LogP contribution >= 0.6 is 0 Å². The molecular weight excluding hydrogens is 344 g/mol. The summed E-state index contributed by atoms with van der Waals surface area (Å²) in [7, 11) is 0. The first kappa shape index (κ1) is 17.1. The van der Waals surface area contributed by atoms with Crippen molar-refractivity contribution < 1.29 is 0 Å². The maximum Gasteiger partial charge on any atom is 0.0456 e. The van der Waals surface area contributed by atoms with Crippen molar-refractivity contribution in [2.45, 2.75) is 6.54 Å². The minimum absolute atomic E-state index is 0.937. The number of nitrogens with one attached hydrogen (secondary N) is 2. The number of fused-ring (bicyclic) bond motifs is 1. The lowest BCUT2D eigenvalue weighted by atomic mass is 10.0. The van der Waals surface area contributed by atoms with E-state index in [0.717, 1.165) is 39.3 Å². The van der Waals surface area contributed by atoms with Crippen LogP contribution < -0.4 is 5.32 Å². The smallest absolute Gasteiger partial charge is 0.0456 e. The predicted molar refractivity (Wildman–Crippen MR) is 116 cm³/mol. The van der Waals surface area contributed by atoms with Crippen LogP contribution in [0.1, 0.15) is 5.69 Å². The van der Waals surface area contributed by atoms with E-state index in [1.54, 1.807) is 0 Å². The van der Waals surface area contributed by atoms with Crippen LogP contribution in [0.25, 0.3) is 22.0 Å². The summed E-state index contributed by atoms with van der Waals surface area (Å²) in [6.45, 7) is 6.31. The third-order valence-corrected chi connectivity index (χ3v) is 5.72. The minimum atomic E-state index is 0.937. The third kappa shape index (κ3) is 3.56. The number of hydrogen-bond donors (Lipinski definition) is 2. The van der Waals surface area contributed by atoms with Crippen molar-refractivity contribution in [1.82, 2.24) is 20.1 Å². The van der Waals surface area contributed by atoms with Gasteiger partial charge in [0.2, 0.25) is 0 Å². The number of aromatic nitrogens is 1. The molecule has 0 unspecified atom stereocenters. The van der Waals surface area contributed by atoms with E-state index in [1.807, 2.05) is 0 Å². The Kier molecular flexibility index (Phi) is 4.63. The van der Waals surface area contributed by atoms with Gasteiger partial charge < -0.3 is 15.2 Å². The Bertz CT molecular complexity index is 1010. The number of nitrogens with zero attached hydrogens (tertiary/aromatic N) is 2. The summed E-state index contributed by atoms with van der Waals surface area (Å²) >= 11 is 0. The molecule has 1 saturated heterocycles. The summed E-state index contributed by atoms with van der Waals surface area (Å²) in [5.41, 5.74) is 6.42. The number of piperazine rings is 1. The van der Waals surface area contributed by atoms with Gasteiger partial charge in [0.25, 0.3) is 0 Å². The predicted octanol–water partition coefficient (Wildman–Crippen LogP) is 3.95. The van der Waals surface area contributed by atoms with Gasteiger partial charge in [-0.1, -0.05) is 36.4 Å². The zero-order valence-electron chi connectivity index (χ0n) is 16.1. The van der Waals surface area contributed by atoms with Crippen LogP contribution in [0.3, 0.4) is 0 Å². The van der Waals surface area contributed by atoms with E-state index in [0.29, 0.717) is 0 Å². The molecular formula is C24H26N4. The molecule has 2 aliphatic rings. The fourth-order valence-electron chi connectivity index (χ4n) is 4.17. The number of allylic oxidation sites excluding steroid dienone is 1. The van der Waals surface area contributed by atoms with E-state index < -0.39 is 0 Å². The summed E-state index contributed by atoms with van der Waals surface area (Å²) in [4.78, 5) is 8.65. The molecule has 3 aromatic rings. The molecule has 5 rings (SSSR count). The maximum atomic E-state index is 3.61. The van der Waals surface area contributed by atoms with Gasteiger partial charge in [0.15, 0.2) is 0 Å². The van der Waals surface area contributed by atoms with E-state index in [-0.39, 0.29) is 0 Å². The highest BCUT2D eigenvalue weighted by Crippen LogP contribution is 2.25. The van der Waals surface area contributed by atoms with Gasteiger partial charge >= 0.3 is 0 Å². The molecule has 0 radical (unpaired) electrons. The van der Waals surface area contributed by atoms with Gasteiger partial charge in [-0.2, -0.15) is 0 Å². The molecule has 0 spiro atoms. The molecule has 1 fully saturated rings. The molecule has 2 aromatic carbocycles. The van der Waals surface area contributed by atoms with E-state index in [9.17, 15) is 0 Å². The van der Waals surface area contributed by atoms with Crippen molar-refractivity contribution in [1.29, 1.82) is 0 Å². The second-order valence-corrected chi connectivity index (χ2v) is 7.60. The Balaban J connectivity index is 1.26. The monoisotopic (exact) mass is 370 g/mol. The highest BCUT2D eigenvalue weighted by atomic mass is 15.3. The molecule has 0 aliphatic carbocycles. The van der Waals surface area contributed by atoms with E-state index in [4.69, 9.17) is 0 Å². The number of H-pyrrole nitrogens is 1. The zero-order valence-corrected chi connectivity index (χ0v) is 16.1. The Labute approximate surface area is 166 Å². The van der Waals surface area contributed by atoms with Gasteiger partial charge in [0.1, 0.15) is 0 Å². The van der Waals surface area contributed by atoms with Gasteiger partial charge in [-0.05, 0) is 47.7 Å². The van der Waals surface area contributed by atoms with Crippen molar-refractivity contribution in [3.05, 3.63) is 84.3 Å². The van der Waals surface area contributed by atoms with Gasteiger partial charge in [0.05, 0.1) is 0 Å². The van der Waals surface area contributed by atoms with E-state index >= 15 is 0 Å². The van der Waals surface area contributed by atoms with Crippen LogP contribution in [-0.4, -0.2) is 47.5 Å². The van der Waals surface area contributed by atoms with Crippen LogP contribution in [0.15, 0.2) is 78.6 Å². The van der Waals surface area contributed by atoms with Crippen LogP contribution in [-0.2, 0) is 6.54 Å². The van der Waals surface area contributed by atoms with Gasteiger partial charge in [-0.25, -0.2) is 0 Å². The quantitative estimate of drug-likeness (QED) is 0.730. The summed E-state index contributed by atoms with van der Waals surface area (Å²) in [5.74, 6) is 0. The van der Waals surface area contributed by atoms with Crippen LogP contribution in [0.4, 0.5) is 0 Å². The second-order valence-electron chi connectivity index (χ2n) is 7.60. The zero-order chi connectivity index (χ0) is 18.8. The van der Waals surface area contributed by atoms with Crippen molar-refractivity contribution in [3.8, 4) is 11.1 Å². The lowest BCUT2D eigenvalue weighted by molar-refractivity contribution is 0.154. The van der Waals surface area contributed by atoms with Crippen molar-refractivity contribution in [2.24, 2.45) is 0 Å². The highest BCUT2D eigenvalue weighted by Gasteiger charge is 2.19. The molecule has 4 heteroatoms. The van der Waals surface area contributed by atoms with Crippen molar-refractivity contribution in [3.63, 3.8) is 0 Å². The Hall–Kier alpha value is -2.98. The fraction of sp³-hybridized carbons (Fsp3) is 0.250. The number of hydrogen-bond acceptors (Lipinski definition) is 3. The Morgan fingerprint density at radius 3 is 2.50 bits per heavy atom. The molecule has 3 heterocycles. The first-order chi connectivity index (χ1) is 13.8. The van der Waals surface area contributed by atoms with Crippen molar-refractivity contribution in [2.75, 3.05) is 32.7 Å². The molecule has 0 saturated carbocycles. The molecule has 0 amide bonds. The van der Waals surface area contributed by atoms with Gasteiger partial charge in [-0.3, -0.25) is 4.90 Å². The molecule has 2 aliphatic heterocycles. The minimum Gasteiger partial charge on any atom is -0.387 e. The normalized spacial score (nSPS) is 17.6. The lowest BCUT2D eigenvalue weighted by Crippen LogP contribution is -2.45. The summed E-state index contributed by atoms with van der Waals surface area (Å²) in [6.07, 6.45) is 6.51. The summed E-state index contributed by atoms with van der Waals surface area (Å²) in [5, 5.41) is 4.52. The first-order valence-corrected chi connectivity index (χ1v) is 10.1. The average Bonchev–Trinajstić information content (AvgIpc) is 3.17. The second kappa shape index (κ2) is 7.56. The average molecular weight is 371 g/mol. The topological polar surface area (TPSA) is 34.3 Å². The fourth-order valence-corrected chi connectivity index (χ4v) is 4.17. The maximum absolute atomic E-state index is 3.61. The van der Waals surface area contributed by atoms with Crippen LogP contribution in [0.5, 0.6) is 0 Å². The number of rotatable bonds is 4. The third-order valence-electron chi connectivity index (χ3n) is 5.72. The van der Waals surface area contributed by atoms with Crippen molar-refractivity contribution >= 4 is 10.9 Å². The van der Waals surface area contributed by atoms with Crippen LogP contribution in [0, 0.1) is 0 Å². The van der Waals surface area contributed by atoms with E-state index in [1.165, 1.54) is 33.4 Å². The standard InChI is InChI=1S/C24H26N4/c1-2-4-19(5-3-1)20-6-7-24-21(16-20)17-22(26-24)18-27-12-14-28(15-13-27)23-8-10-25-11-9-23/h1-10,16-17,25-26H,11-15,18H2. The SMILES string of the molecule is C1=CC(N2CCN(Cc3cc4cc(-c5ccccc5)ccc4[nH]3)CC2)=CCN1. The molecule has 2 N–H and O–H groups in total. The Morgan fingerprint density at radius 1 is 0.857 bits per heavy atom. The largest absolute Gasteiger partial charge is 0.387 e.